The Morgan fingerprint density at radius 3 is 0.765 bits per heavy atom. The van der Waals surface area contributed by atoms with Gasteiger partial charge in [0.1, 0.15) is 0 Å². The third kappa shape index (κ3) is 8.47. The molecule has 0 amide bonds. The maximum absolute atomic E-state index is 5.93. The molecule has 0 rings (SSSR count). The number of rotatable bonds is 8. The Morgan fingerprint density at radius 1 is 0.471 bits per heavy atom. The molecule has 0 bridgehead atoms. The van der Waals surface area contributed by atoms with Crippen molar-refractivity contribution >= 4 is 23.0 Å². The standard InChI is InChI=1S/4C3H7O.Pb/c4*1-3(2)4;/h4*3H,1-2H3;/q4*-1;+4. The van der Waals surface area contributed by atoms with Gasteiger partial charge in [0.15, 0.2) is 0 Å². The van der Waals surface area contributed by atoms with Gasteiger partial charge in [0.05, 0.1) is 0 Å². The molecule has 0 aromatic heterocycles. The molecule has 0 spiro atoms. The van der Waals surface area contributed by atoms with Crippen molar-refractivity contribution in [3.8, 4) is 0 Å². The van der Waals surface area contributed by atoms with Crippen molar-refractivity contribution in [3.05, 3.63) is 0 Å². The fourth-order valence-electron chi connectivity index (χ4n) is 1.32. The molecule has 0 N–H and O–H groups in total. The molecule has 0 aliphatic heterocycles. The van der Waals surface area contributed by atoms with Crippen molar-refractivity contribution in [2.75, 3.05) is 0 Å². The van der Waals surface area contributed by atoms with E-state index >= 15 is 0 Å². The van der Waals surface area contributed by atoms with Crippen molar-refractivity contribution < 1.29 is 10.7 Å². The summed E-state index contributed by atoms with van der Waals surface area (Å²) >= 11 is -4.03. The molecule has 0 heterocycles. The molecular formula is C12H28O4Pb. The molecule has 0 radical (unpaired) electrons. The minimum absolute atomic E-state index is 0.0490. The second-order valence-electron chi connectivity index (χ2n) is 5.17. The van der Waals surface area contributed by atoms with Crippen LogP contribution in [0, 0.1) is 0 Å². The first kappa shape index (κ1) is 17.8. The summed E-state index contributed by atoms with van der Waals surface area (Å²) < 4.78 is 23.7. The summed E-state index contributed by atoms with van der Waals surface area (Å²) in [6.07, 6.45) is 0.196. The van der Waals surface area contributed by atoms with Crippen LogP contribution in [0.25, 0.3) is 0 Å². The van der Waals surface area contributed by atoms with Crippen LogP contribution in [0.5, 0.6) is 0 Å². The summed E-state index contributed by atoms with van der Waals surface area (Å²) in [4.78, 5) is 0. The quantitative estimate of drug-likeness (QED) is 0.540. The van der Waals surface area contributed by atoms with Crippen LogP contribution in [0.4, 0.5) is 0 Å². The third-order valence-corrected chi connectivity index (χ3v) is 13.3. The Bertz CT molecular complexity index is 159. The first-order valence-electron chi connectivity index (χ1n) is 6.38. The van der Waals surface area contributed by atoms with E-state index in [0.29, 0.717) is 0 Å². The first-order valence-corrected chi connectivity index (χ1v) is 12.7. The average molecular weight is 444 g/mol. The van der Waals surface area contributed by atoms with Crippen LogP contribution in [-0.4, -0.2) is 47.4 Å². The van der Waals surface area contributed by atoms with Crippen molar-refractivity contribution in [2.45, 2.75) is 79.8 Å². The van der Waals surface area contributed by atoms with Crippen molar-refractivity contribution in [1.29, 1.82) is 0 Å². The second kappa shape index (κ2) is 8.04. The van der Waals surface area contributed by atoms with Gasteiger partial charge in [-0.05, 0) is 0 Å². The Balaban J connectivity index is 4.89. The fraction of sp³-hybridized carbons (Fsp3) is 1.00. The average Bonchev–Trinajstić information content (AvgIpc) is 1.95. The van der Waals surface area contributed by atoms with Crippen LogP contribution < -0.4 is 0 Å². The summed E-state index contributed by atoms with van der Waals surface area (Å²) in [6, 6.07) is 0. The zero-order valence-electron chi connectivity index (χ0n) is 12.4. The van der Waals surface area contributed by atoms with Gasteiger partial charge in [0, 0.05) is 0 Å². The van der Waals surface area contributed by atoms with Gasteiger partial charge in [0.2, 0.25) is 0 Å². The molecule has 5 heteroatoms. The van der Waals surface area contributed by atoms with E-state index in [1.807, 2.05) is 55.4 Å². The van der Waals surface area contributed by atoms with Crippen LogP contribution in [-0.2, 0) is 10.7 Å². The van der Waals surface area contributed by atoms with Crippen LogP contribution >= 0.6 is 0 Å². The van der Waals surface area contributed by atoms with Crippen LogP contribution in [0.3, 0.4) is 0 Å². The molecule has 0 atom stereocenters. The van der Waals surface area contributed by atoms with Gasteiger partial charge in [-0.2, -0.15) is 0 Å². The summed E-state index contributed by atoms with van der Waals surface area (Å²) in [7, 11) is 0. The summed E-state index contributed by atoms with van der Waals surface area (Å²) in [5, 5.41) is 0. The van der Waals surface area contributed by atoms with Gasteiger partial charge in [-0.1, -0.05) is 0 Å². The van der Waals surface area contributed by atoms with Crippen LogP contribution in [0.1, 0.15) is 55.4 Å². The Labute approximate surface area is 113 Å². The Hall–Kier alpha value is 0.762. The van der Waals surface area contributed by atoms with Gasteiger partial charge in [-0.3, -0.25) is 0 Å². The van der Waals surface area contributed by atoms with E-state index in [4.69, 9.17) is 10.7 Å². The summed E-state index contributed by atoms with van der Waals surface area (Å²) in [5.74, 6) is 0. The number of hydrogen-bond donors (Lipinski definition) is 0. The predicted octanol–water partition coefficient (Wildman–Crippen LogP) is 3.12. The predicted molar refractivity (Wildman–Crippen MR) is 70.6 cm³/mol. The van der Waals surface area contributed by atoms with Crippen molar-refractivity contribution in [3.63, 3.8) is 0 Å². The normalized spacial score (nSPS) is 13.4. The molecule has 0 saturated carbocycles. The fourth-order valence-corrected chi connectivity index (χ4v) is 11.6. The van der Waals surface area contributed by atoms with Gasteiger partial charge in [-0.25, -0.2) is 0 Å². The Morgan fingerprint density at radius 2 is 0.647 bits per heavy atom. The molecule has 0 unspecified atom stereocenters. The summed E-state index contributed by atoms with van der Waals surface area (Å²) in [5.41, 5.74) is 0. The van der Waals surface area contributed by atoms with E-state index in [0.717, 1.165) is 0 Å². The second-order valence-corrected chi connectivity index (χ2v) is 12.7. The molecule has 0 aromatic carbocycles. The maximum atomic E-state index is 5.93. The molecule has 0 saturated heterocycles. The van der Waals surface area contributed by atoms with Gasteiger partial charge >= 0.3 is 114 Å². The zero-order chi connectivity index (χ0) is 13.6. The molecule has 0 fully saturated rings. The SMILES string of the molecule is CC(C)[O][Pb]([O]C(C)C)([O]C(C)C)[O]C(C)C. The van der Waals surface area contributed by atoms with E-state index in [9.17, 15) is 0 Å². The molecule has 0 aliphatic rings. The van der Waals surface area contributed by atoms with Crippen LogP contribution in [0.2, 0.25) is 0 Å². The van der Waals surface area contributed by atoms with E-state index < -0.39 is 23.0 Å². The third-order valence-electron chi connectivity index (χ3n) is 1.52. The van der Waals surface area contributed by atoms with Crippen molar-refractivity contribution in [2.24, 2.45) is 0 Å². The topological polar surface area (TPSA) is 36.9 Å². The van der Waals surface area contributed by atoms with E-state index in [1.165, 1.54) is 0 Å². The molecule has 4 nitrogen and oxygen atoms in total. The molecular weight excluding hydrogens is 415 g/mol. The van der Waals surface area contributed by atoms with Gasteiger partial charge in [0.25, 0.3) is 0 Å². The molecule has 0 aromatic rings. The van der Waals surface area contributed by atoms with E-state index in [1.54, 1.807) is 0 Å². The minimum atomic E-state index is -4.03. The Kier molecular flexibility index (Phi) is 8.40. The summed E-state index contributed by atoms with van der Waals surface area (Å²) in [6.45, 7) is 15.8. The zero-order valence-corrected chi connectivity index (χ0v) is 16.3. The van der Waals surface area contributed by atoms with Crippen molar-refractivity contribution in [1.82, 2.24) is 0 Å². The van der Waals surface area contributed by atoms with Crippen LogP contribution in [0.15, 0.2) is 0 Å². The molecule has 17 heavy (non-hydrogen) atoms. The molecule has 0 aliphatic carbocycles. The van der Waals surface area contributed by atoms with E-state index in [-0.39, 0.29) is 24.4 Å². The molecule has 104 valence electrons. The van der Waals surface area contributed by atoms with E-state index in [2.05, 4.69) is 0 Å². The monoisotopic (exact) mass is 444 g/mol. The first-order chi connectivity index (χ1) is 7.67. The number of hydrogen-bond acceptors (Lipinski definition) is 4. The van der Waals surface area contributed by atoms with Gasteiger partial charge in [-0.15, -0.1) is 0 Å². The van der Waals surface area contributed by atoms with Gasteiger partial charge < -0.3 is 0 Å².